The summed E-state index contributed by atoms with van der Waals surface area (Å²) in [6, 6.07) is 5.51. The molecule has 1 aliphatic heterocycles. The van der Waals surface area contributed by atoms with Crippen molar-refractivity contribution in [3.63, 3.8) is 0 Å². The predicted molar refractivity (Wildman–Crippen MR) is 102 cm³/mol. The Bertz CT molecular complexity index is 734. The molecule has 2 rings (SSSR count). The van der Waals surface area contributed by atoms with E-state index < -0.39 is 12.1 Å². The third kappa shape index (κ3) is 5.60. The van der Waals surface area contributed by atoms with E-state index in [-0.39, 0.29) is 30.7 Å². The molecule has 5 N–H and O–H groups in total. The highest BCUT2D eigenvalue weighted by Crippen LogP contribution is 2.22. The quantitative estimate of drug-likeness (QED) is 0.167. The Morgan fingerprint density at radius 3 is 2.71 bits per heavy atom. The van der Waals surface area contributed by atoms with Crippen LogP contribution in [-0.2, 0) is 14.3 Å². The van der Waals surface area contributed by atoms with Crippen LogP contribution in [0.15, 0.2) is 29.4 Å². The summed E-state index contributed by atoms with van der Waals surface area (Å²) in [6.07, 6.45) is 1.28. The van der Waals surface area contributed by atoms with Crippen molar-refractivity contribution in [2.75, 3.05) is 24.6 Å². The number of nitrogens with zero attached hydrogens (tertiary/aromatic N) is 2. The topological polar surface area (TPSA) is 146 Å². The van der Waals surface area contributed by atoms with Gasteiger partial charge >= 0.3 is 12.0 Å². The van der Waals surface area contributed by atoms with Gasteiger partial charge in [-0.05, 0) is 37.1 Å². The van der Waals surface area contributed by atoms with E-state index in [4.69, 9.17) is 15.7 Å². The number of amidine groups is 1. The molecule has 0 aliphatic carbocycles. The van der Waals surface area contributed by atoms with Gasteiger partial charge in [0.05, 0.1) is 13.0 Å². The second-order valence-electron chi connectivity index (χ2n) is 6.23. The Kier molecular flexibility index (Phi) is 7.61. The van der Waals surface area contributed by atoms with E-state index in [1.807, 2.05) is 6.92 Å². The van der Waals surface area contributed by atoms with Gasteiger partial charge in [0.15, 0.2) is 5.84 Å². The first kappa shape index (κ1) is 21.0. The number of nitrogens with one attached hydrogen (secondary N) is 2. The van der Waals surface area contributed by atoms with Gasteiger partial charge in [0, 0.05) is 24.3 Å². The van der Waals surface area contributed by atoms with Gasteiger partial charge in [0.2, 0.25) is 5.91 Å². The van der Waals surface area contributed by atoms with Crippen LogP contribution in [0.2, 0.25) is 0 Å². The number of hydrogen-bond donors (Lipinski definition) is 4. The molecule has 1 unspecified atom stereocenters. The maximum absolute atomic E-state index is 12.5. The first-order valence-corrected chi connectivity index (χ1v) is 9.05. The minimum Gasteiger partial charge on any atom is -0.466 e. The van der Waals surface area contributed by atoms with Gasteiger partial charge in [0.25, 0.3) is 0 Å². The first-order chi connectivity index (χ1) is 13.5. The first-order valence-electron chi connectivity index (χ1n) is 9.05. The SMILES string of the molecule is CCCOC(=O)CCNC(=O)NC1CCN(c2ccc(C(N)=NO)cc2)C1=O. The lowest BCUT2D eigenvalue weighted by Crippen LogP contribution is -2.46. The summed E-state index contributed by atoms with van der Waals surface area (Å²) in [6.45, 7) is 2.84. The van der Waals surface area contributed by atoms with Gasteiger partial charge in [-0.3, -0.25) is 9.59 Å². The smallest absolute Gasteiger partial charge is 0.315 e. The van der Waals surface area contributed by atoms with Gasteiger partial charge in [0.1, 0.15) is 6.04 Å². The molecule has 0 radical (unpaired) electrons. The van der Waals surface area contributed by atoms with Crippen molar-refractivity contribution >= 4 is 29.4 Å². The van der Waals surface area contributed by atoms with Crippen molar-refractivity contribution in [3.8, 4) is 0 Å². The normalized spacial score (nSPS) is 16.8. The molecule has 1 aromatic carbocycles. The summed E-state index contributed by atoms with van der Waals surface area (Å²) in [7, 11) is 0. The highest BCUT2D eigenvalue weighted by atomic mass is 16.5. The van der Waals surface area contributed by atoms with Crippen molar-refractivity contribution in [1.29, 1.82) is 0 Å². The Morgan fingerprint density at radius 2 is 2.07 bits per heavy atom. The molecule has 1 saturated heterocycles. The molecule has 1 aromatic rings. The van der Waals surface area contributed by atoms with Crippen molar-refractivity contribution in [2.24, 2.45) is 10.9 Å². The largest absolute Gasteiger partial charge is 0.466 e. The molecular formula is C18H25N5O5. The Balaban J connectivity index is 1.81. The number of rotatable bonds is 8. The number of urea groups is 1. The van der Waals surface area contributed by atoms with Crippen LogP contribution in [0.5, 0.6) is 0 Å². The summed E-state index contributed by atoms with van der Waals surface area (Å²) in [5, 5.41) is 16.8. The third-order valence-corrected chi connectivity index (χ3v) is 4.18. The van der Waals surface area contributed by atoms with Crippen LogP contribution in [-0.4, -0.2) is 54.7 Å². The number of nitrogens with two attached hydrogens (primary N) is 1. The minimum atomic E-state index is -0.643. The molecule has 0 spiro atoms. The lowest BCUT2D eigenvalue weighted by atomic mass is 10.2. The summed E-state index contributed by atoms with van der Waals surface area (Å²) in [4.78, 5) is 37.4. The summed E-state index contributed by atoms with van der Waals surface area (Å²) in [5.41, 5.74) is 6.71. The van der Waals surface area contributed by atoms with Crippen LogP contribution in [0, 0.1) is 0 Å². The van der Waals surface area contributed by atoms with E-state index in [0.29, 0.717) is 30.8 Å². The number of hydrogen-bond acceptors (Lipinski definition) is 6. The van der Waals surface area contributed by atoms with Crippen LogP contribution in [0.4, 0.5) is 10.5 Å². The fraction of sp³-hybridized carbons (Fsp3) is 0.444. The highest BCUT2D eigenvalue weighted by molar-refractivity contribution is 6.02. The fourth-order valence-electron chi connectivity index (χ4n) is 2.72. The van der Waals surface area contributed by atoms with Crippen molar-refractivity contribution < 1.29 is 24.3 Å². The molecule has 1 aliphatic rings. The third-order valence-electron chi connectivity index (χ3n) is 4.18. The number of carbonyl (C=O) groups is 3. The fourth-order valence-corrected chi connectivity index (χ4v) is 2.72. The van der Waals surface area contributed by atoms with E-state index in [0.717, 1.165) is 6.42 Å². The van der Waals surface area contributed by atoms with Gasteiger partial charge in [-0.15, -0.1) is 0 Å². The van der Waals surface area contributed by atoms with E-state index >= 15 is 0 Å². The number of carbonyl (C=O) groups excluding carboxylic acids is 3. The molecule has 1 atom stereocenters. The lowest BCUT2D eigenvalue weighted by molar-refractivity contribution is -0.143. The van der Waals surface area contributed by atoms with Gasteiger partial charge < -0.3 is 31.2 Å². The molecule has 152 valence electrons. The molecule has 1 fully saturated rings. The van der Waals surface area contributed by atoms with Gasteiger partial charge in [-0.1, -0.05) is 12.1 Å². The minimum absolute atomic E-state index is 0.0194. The molecule has 28 heavy (non-hydrogen) atoms. The average molecular weight is 391 g/mol. The lowest BCUT2D eigenvalue weighted by Gasteiger charge is -2.17. The van der Waals surface area contributed by atoms with Crippen LogP contribution in [0.3, 0.4) is 0 Å². The highest BCUT2D eigenvalue weighted by Gasteiger charge is 2.33. The van der Waals surface area contributed by atoms with Gasteiger partial charge in [-0.2, -0.15) is 0 Å². The van der Waals surface area contributed by atoms with Crippen LogP contribution >= 0.6 is 0 Å². The van der Waals surface area contributed by atoms with E-state index in [1.165, 1.54) is 0 Å². The Morgan fingerprint density at radius 1 is 1.36 bits per heavy atom. The number of anilines is 1. The molecule has 0 saturated carbocycles. The molecule has 10 heteroatoms. The van der Waals surface area contributed by atoms with Crippen LogP contribution < -0.4 is 21.3 Å². The summed E-state index contributed by atoms with van der Waals surface area (Å²) in [5.74, 6) is -0.622. The van der Waals surface area contributed by atoms with Crippen LogP contribution in [0.1, 0.15) is 31.7 Å². The number of amides is 3. The Hall–Kier alpha value is -3.30. The van der Waals surface area contributed by atoms with Crippen molar-refractivity contribution in [2.45, 2.75) is 32.2 Å². The Labute approximate surface area is 162 Å². The van der Waals surface area contributed by atoms with E-state index in [9.17, 15) is 14.4 Å². The predicted octanol–water partition coefficient (Wildman–Crippen LogP) is 0.529. The van der Waals surface area contributed by atoms with Crippen LogP contribution in [0.25, 0.3) is 0 Å². The molecule has 0 bridgehead atoms. The average Bonchev–Trinajstić information content (AvgIpc) is 3.06. The van der Waals surface area contributed by atoms with Crippen molar-refractivity contribution in [3.05, 3.63) is 29.8 Å². The molecule has 3 amide bonds. The van der Waals surface area contributed by atoms with E-state index in [1.54, 1.807) is 29.2 Å². The van der Waals surface area contributed by atoms with E-state index in [2.05, 4.69) is 15.8 Å². The van der Waals surface area contributed by atoms with Gasteiger partial charge in [-0.25, -0.2) is 4.79 Å². The maximum Gasteiger partial charge on any atom is 0.315 e. The second-order valence-corrected chi connectivity index (χ2v) is 6.23. The zero-order chi connectivity index (χ0) is 20.5. The standard InChI is InChI=1S/C18H25N5O5/c1-2-11-28-15(24)7-9-20-18(26)21-14-8-10-23(17(14)25)13-5-3-12(4-6-13)16(19)22-27/h3-6,14,27H,2,7-11H2,1H3,(H2,19,22)(H2,20,21,26). The second kappa shape index (κ2) is 10.1. The number of oxime groups is 1. The summed E-state index contributed by atoms with van der Waals surface area (Å²) >= 11 is 0. The maximum atomic E-state index is 12.5. The molecule has 1 heterocycles. The zero-order valence-corrected chi connectivity index (χ0v) is 15.7. The monoisotopic (exact) mass is 391 g/mol. The molecule has 0 aromatic heterocycles. The molecule has 10 nitrogen and oxygen atoms in total. The number of benzene rings is 1. The summed E-state index contributed by atoms with van der Waals surface area (Å²) < 4.78 is 4.92. The van der Waals surface area contributed by atoms with Crippen molar-refractivity contribution in [1.82, 2.24) is 10.6 Å². The number of esters is 1. The zero-order valence-electron chi connectivity index (χ0n) is 15.7. The number of ether oxygens (including phenoxy) is 1. The molecular weight excluding hydrogens is 366 g/mol.